The molecular formula is C20H23N5O2S2. The van der Waals surface area contributed by atoms with Crippen LogP contribution in [0.25, 0.3) is 10.6 Å². The van der Waals surface area contributed by atoms with E-state index in [9.17, 15) is 4.79 Å². The van der Waals surface area contributed by atoms with Gasteiger partial charge in [-0.1, -0.05) is 18.2 Å². The Morgan fingerprint density at radius 2 is 2.17 bits per heavy atom. The van der Waals surface area contributed by atoms with Crippen molar-refractivity contribution in [2.24, 2.45) is 10.8 Å². The molecule has 0 radical (unpaired) electrons. The Bertz CT molecular complexity index is 983. The Morgan fingerprint density at radius 1 is 1.34 bits per heavy atom. The number of thiophene rings is 1. The number of hydrogen-bond acceptors (Lipinski definition) is 7. The first kappa shape index (κ1) is 21.0. The molecule has 0 spiro atoms. The minimum Gasteiger partial charge on any atom is -0.496 e. The number of methoxy groups -OCH3 is 1. The molecule has 0 unspecified atom stereocenters. The molecule has 1 aromatic carbocycles. The largest absolute Gasteiger partial charge is 0.496 e. The number of nitrogens with zero attached hydrogens (tertiary/aromatic N) is 3. The van der Waals surface area contributed by atoms with Crippen LogP contribution in [0.2, 0.25) is 0 Å². The van der Waals surface area contributed by atoms with Crippen molar-refractivity contribution in [2.45, 2.75) is 19.9 Å². The zero-order chi connectivity index (χ0) is 20.6. The number of ether oxygens (including phenoxy) is 1. The maximum Gasteiger partial charge on any atom is 0.217 e. The van der Waals surface area contributed by atoms with Gasteiger partial charge in [-0.2, -0.15) is 0 Å². The monoisotopic (exact) mass is 429 g/mol. The molecule has 0 aliphatic rings. The van der Waals surface area contributed by atoms with E-state index in [-0.39, 0.29) is 5.91 Å². The van der Waals surface area contributed by atoms with Crippen molar-refractivity contribution in [3.05, 3.63) is 52.2 Å². The van der Waals surface area contributed by atoms with Crippen LogP contribution in [0.4, 0.5) is 5.13 Å². The van der Waals surface area contributed by atoms with Crippen LogP contribution in [0.1, 0.15) is 17.4 Å². The number of aliphatic imine (C=N–C) groups is 1. The Morgan fingerprint density at radius 3 is 2.97 bits per heavy atom. The zero-order valence-corrected chi connectivity index (χ0v) is 17.9. The van der Waals surface area contributed by atoms with Crippen molar-refractivity contribution in [1.29, 1.82) is 0 Å². The van der Waals surface area contributed by atoms with E-state index in [1.807, 2.05) is 41.8 Å². The number of aromatic nitrogens is 1. The van der Waals surface area contributed by atoms with Crippen LogP contribution in [-0.2, 0) is 17.8 Å². The van der Waals surface area contributed by atoms with E-state index in [1.165, 1.54) is 18.3 Å². The van der Waals surface area contributed by atoms with Crippen LogP contribution in [0, 0.1) is 0 Å². The Kier molecular flexibility index (Phi) is 7.34. The van der Waals surface area contributed by atoms with E-state index >= 15 is 0 Å². The van der Waals surface area contributed by atoms with E-state index in [4.69, 9.17) is 10.6 Å². The summed E-state index contributed by atoms with van der Waals surface area (Å²) >= 11 is 3.07. The van der Waals surface area contributed by atoms with E-state index in [1.54, 1.807) is 29.8 Å². The van der Waals surface area contributed by atoms with Crippen LogP contribution in [0.15, 0.2) is 46.8 Å². The number of carbonyl (C=O) groups is 1. The second kappa shape index (κ2) is 10.1. The molecule has 152 valence electrons. The fourth-order valence-electron chi connectivity index (χ4n) is 2.60. The van der Waals surface area contributed by atoms with Gasteiger partial charge in [-0.05, 0) is 30.2 Å². The summed E-state index contributed by atoms with van der Waals surface area (Å²) in [6.45, 7) is 2.65. The van der Waals surface area contributed by atoms with Gasteiger partial charge < -0.3 is 15.1 Å². The first-order chi connectivity index (χ1) is 14.0. The van der Waals surface area contributed by atoms with Crippen LogP contribution in [0.5, 0.6) is 5.75 Å². The number of amides is 1. The van der Waals surface area contributed by atoms with Gasteiger partial charge in [-0.25, -0.2) is 15.8 Å². The summed E-state index contributed by atoms with van der Waals surface area (Å²) in [5, 5.41) is 6.96. The number of carbonyl (C=O) groups excluding carboxylic acids is 1. The highest BCUT2D eigenvalue weighted by atomic mass is 32.1. The molecule has 0 fully saturated rings. The van der Waals surface area contributed by atoms with Crippen LogP contribution in [-0.4, -0.2) is 35.9 Å². The van der Waals surface area contributed by atoms with E-state index in [2.05, 4.69) is 15.3 Å². The normalized spacial score (nSPS) is 11.0. The molecule has 0 saturated carbocycles. The summed E-state index contributed by atoms with van der Waals surface area (Å²) in [5.74, 6) is 6.85. The lowest BCUT2D eigenvalue weighted by atomic mass is 10.1. The molecule has 0 atom stereocenters. The molecule has 3 aromatic rings. The number of nitrogens with one attached hydrogen (secondary N) is 1. The van der Waals surface area contributed by atoms with Gasteiger partial charge in [0.1, 0.15) is 12.1 Å². The van der Waals surface area contributed by atoms with Gasteiger partial charge in [-0.15, -0.1) is 22.7 Å². The van der Waals surface area contributed by atoms with E-state index in [0.29, 0.717) is 18.2 Å². The van der Waals surface area contributed by atoms with E-state index in [0.717, 1.165) is 33.2 Å². The van der Waals surface area contributed by atoms with Crippen molar-refractivity contribution in [3.8, 4) is 16.3 Å². The first-order valence-electron chi connectivity index (χ1n) is 9.01. The van der Waals surface area contributed by atoms with Gasteiger partial charge in [0.05, 0.1) is 24.2 Å². The minimum atomic E-state index is -0.0396. The summed E-state index contributed by atoms with van der Waals surface area (Å²) in [7, 11) is 1.66. The van der Waals surface area contributed by atoms with Gasteiger partial charge in [0.15, 0.2) is 0 Å². The number of benzene rings is 1. The van der Waals surface area contributed by atoms with Crippen molar-refractivity contribution in [3.63, 3.8) is 0 Å². The average Bonchev–Trinajstić information content (AvgIpc) is 3.38. The molecule has 2 aromatic heterocycles. The fraction of sp³-hybridized carbons (Fsp3) is 0.250. The highest BCUT2D eigenvalue weighted by Gasteiger charge is 2.08. The molecule has 7 nitrogen and oxygen atoms in total. The number of para-hydroxylation sites is 1. The SMILES string of the molecule is COc1ccccc1CCN(N)/C=N/c1nc(-c2ccc(CNC(C)=O)s2)cs1. The number of thiazole rings is 1. The van der Waals surface area contributed by atoms with Gasteiger partial charge in [-0.3, -0.25) is 4.79 Å². The maximum atomic E-state index is 11.0. The molecule has 3 rings (SSSR count). The molecule has 0 bridgehead atoms. The smallest absolute Gasteiger partial charge is 0.217 e. The van der Waals surface area contributed by atoms with Crippen LogP contribution < -0.4 is 15.9 Å². The molecule has 2 heterocycles. The lowest BCUT2D eigenvalue weighted by Gasteiger charge is -2.13. The second-order valence-corrected chi connectivity index (χ2v) is 8.24. The molecule has 29 heavy (non-hydrogen) atoms. The molecule has 0 aliphatic carbocycles. The van der Waals surface area contributed by atoms with E-state index < -0.39 is 0 Å². The maximum absolute atomic E-state index is 11.0. The number of nitrogens with two attached hydrogens (primary N) is 1. The average molecular weight is 430 g/mol. The summed E-state index contributed by atoms with van der Waals surface area (Å²) in [5.41, 5.74) is 1.97. The fourth-order valence-corrected chi connectivity index (χ4v) is 4.24. The summed E-state index contributed by atoms with van der Waals surface area (Å²) < 4.78 is 5.36. The third-order valence-corrected chi connectivity index (χ3v) is 5.92. The lowest BCUT2D eigenvalue weighted by molar-refractivity contribution is -0.119. The quantitative estimate of drug-likeness (QED) is 0.235. The molecular weight excluding hydrogens is 406 g/mol. The number of hydrogen-bond donors (Lipinski definition) is 2. The number of rotatable bonds is 9. The summed E-state index contributed by atoms with van der Waals surface area (Å²) in [6, 6.07) is 11.9. The van der Waals surface area contributed by atoms with Gasteiger partial charge >= 0.3 is 0 Å². The minimum absolute atomic E-state index is 0.0396. The van der Waals surface area contributed by atoms with Crippen molar-refractivity contribution in [2.75, 3.05) is 13.7 Å². The molecule has 0 saturated heterocycles. The third-order valence-electron chi connectivity index (χ3n) is 4.07. The lowest BCUT2D eigenvalue weighted by Crippen LogP contribution is -2.31. The molecule has 3 N–H and O–H groups in total. The van der Waals surface area contributed by atoms with Gasteiger partial charge in [0, 0.05) is 23.7 Å². The van der Waals surface area contributed by atoms with Gasteiger partial charge in [0.2, 0.25) is 11.0 Å². The van der Waals surface area contributed by atoms with Gasteiger partial charge in [0.25, 0.3) is 0 Å². The first-order valence-corrected chi connectivity index (χ1v) is 10.7. The second-order valence-electron chi connectivity index (χ2n) is 6.24. The Balaban J connectivity index is 1.55. The highest BCUT2D eigenvalue weighted by molar-refractivity contribution is 7.16. The zero-order valence-electron chi connectivity index (χ0n) is 16.3. The summed E-state index contributed by atoms with van der Waals surface area (Å²) in [6.07, 6.45) is 2.34. The Hall–Kier alpha value is -2.75. The standard InChI is InChI=1S/C20H23N5O2S2/c1-14(26)22-11-16-7-8-19(29-16)17-12-28-20(24-17)23-13-25(21)10-9-15-5-3-4-6-18(15)27-2/h3-8,12-13H,9-11,21H2,1-2H3,(H,22,26)/b23-13+. The molecule has 0 aliphatic heterocycles. The molecule has 9 heteroatoms. The predicted octanol–water partition coefficient (Wildman–Crippen LogP) is 3.59. The topological polar surface area (TPSA) is 92.8 Å². The van der Waals surface area contributed by atoms with Crippen molar-refractivity contribution in [1.82, 2.24) is 15.3 Å². The Labute approximate surface area is 177 Å². The predicted molar refractivity (Wildman–Crippen MR) is 119 cm³/mol. The van der Waals surface area contributed by atoms with Crippen molar-refractivity contribution < 1.29 is 9.53 Å². The number of hydrazine groups is 1. The van der Waals surface area contributed by atoms with Crippen LogP contribution >= 0.6 is 22.7 Å². The van der Waals surface area contributed by atoms with Crippen molar-refractivity contribution >= 4 is 40.1 Å². The highest BCUT2D eigenvalue weighted by Crippen LogP contribution is 2.31. The molecule has 1 amide bonds. The summed E-state index contributed by atoms with van der Waals surface area (Å²) in [4.78, 5) is 22.1. The van der Waals surface area contributed by atoms with Crippen LogP contribution in [0.3, 0.4) is 0 Å². The third kappa shape index (κ3) is 6.11.